The molecule has 0 spiro atoms. The number of benzene rings is 1. The zero-order valence-electron chi connectivity index (χ0n) is 10.6. The average molecular weight is 296 g/mol. The summed E-state index contributed by atoms with van der Waals surface area (Å²) in [6.45, 7) is 0. The summed E-state index contributed by atoms with van der Waals surface area (Å²) in [4.78, 5) is 29.1. The van der Waals surface area contributed by atoms with Gasteiger partial charge >= 0.3 is 0 Å². The summed E-state index contributed by atoms with van der Waals surface area (Å²) < 4.78 is 14.9. The molecule has 0 radical (unpaired) electrons. The van der Waals surface area contributed by atoms with Crippen LogP contribution in [0.2, 0.25) is 0 Å². The highest BCUT2D eigenvalue weighted by atomic mass is 35.5. The van der Waals surface area contributed by atoms with E-state index in [0.717, 1.165) is 4.90 Å². The molecule has 0 bridgehead atoms. The van der Waals surface area contributed by atoms with Crippen LogP contribution < -0.4 is 0 Å². The quantitative estimate of drug-likeness (QED) is 0.627. The summed E-state index contributed by atoms with van der Waals surface area (Å²) in [7, 11) is 1.45. The van der Waals surface area contributed by atoms with E-state index in [1.807, 2.05) is 0 Å². The summed E-state index contributed by atoms with van der Waals surface area (Å²) in [5.74, 6) is -0.421. The van der Waals surface area contributed by atoms with Crippen LogP contribution in [-0.4, -0.2) is 33.3 Å². The molecular weight excluding hydrogens is 285 g/mol. The van der Waals surface area contributed by atoms with Crippen molar-refractivity contribution in [1.82, 2.24) is 14.5 Å². The second kappa shape index (κ2) is 4.56. The maximum atomic E-state index is 13.2. The van der Waals surface area contributed by atoms with Gasteiger partial charge in [0.05, 0.1) is 23.3 Å². The van der Waals surface area contributed by atoms with E-state index in [4.69, 9.17) is 11.6 Å². The van der Waals surface area contributed by atoms with Crippen LogP contribution >= 0.6 is 11.6 Å². The minimum Gasteiger partial charge on any atom is -0.314 e. The Morgan fingerprint density at radius 1 is 1.45 bits per heavy atom. The first-order valence-electron chi connectivity index (χ1n) is 6.05. The van der Waals surface area contributed by atoms with Gasteiger partial charge in [0.2, 0.25) is 5.91 Å². The van der Waals surface area contributed by atoms with E-state index in [0.29, 0.717) is 16.9 Å². The van der Waals surface area contributed by atoms with Crippen molar-refractivity contribution in [3.8, 4) is 0 Å². The van der Waals surface area contributed by atoms with Crippen molar-refractivity contribution < 1.29 is 14.0 Å². The molecule has 2 amide bonds. The van der Waals surface area contributed by atoms with Gasteiger partial charge in [-0.15, -0.1) is 11.6 Å². The number of likely N-dealkylation sites (N-methyl/N-ethyl adjacent to an activating group) is 1. The van der Waals surface area contributed by atoms with Crippen molar-refractivity contribution in [2.24, 2.45) is 0 Å². The molecule has 20 heavy (non-hydrogen) atoms. The van der Waals surface area contributed by atoms with E-state index < -0.39 is 11.9 Å². The Morgan fingerprint density at radius 2 is 2.20 bits per heavy atom. The number of imide groups is 1. The fourth-order valence-electron chi connectivity index (χ4n) is 2.50. The van der Waals surface area contributed by atoms with Crippen LogP contribution in [0.3, 0.4) is 0 Å². The fourth-order valence-corrected chi connectivity index (χ4v) is 2.69. The number of likely N-dealkylation sites (tertiary alicyclic amines) is 1. The van der Waals surface area contributed by atoms with Gasteiger partial charge in [0, 0.05) is 13.1 Å². The molecule has 7 heteroatoms. The first-order valence-corrected chi connectivity index (χ1v) is 6.59. The number of halogens is 2. The van der Waals surface area contributed by atoms with Crippen LogP contribution in [0.15, 0.2) is 18.2 Å². The predicted molar refractivity (Wildman–Crippen MR) is 70.7 cm³/mol. The molecule has 1 aliphatic rings. The number of hydrogen-bond acceptors (Lipinski definition) is 3. The number of carbonyl (C=O) groups excluding carboxylic acids is 2. The number of nitrogens with zero attached hydrogens (tertiary/aromatic N) is 3. The van der Waals surface area contributed by atoms with Crippen molar-refractivity contribution in [2.75, 3.05) is 7.05 Å². The highest BCUT2D eigenvalue weighted by Gasteiger charge is 2.38. The Balaban J connectivity index is 2.20. The van der Waals surface area contributed by atoms with E-state index in [2.05, 4.69) is 4.98 Å². The molecule has 0 N–H and O–H groups in total. The predicted octanol–water partition coefficient (Wildman–Crippen LogP) is 1.84. The van der Waals surface area contributed by atoms with Gasteiger partial charge in [-0.1, -0.05) is 0 Å². The number of fused-ring (bicyclic) bond motifs is 1. The van der Waals surface area contributed by atoms with Crippen LogP contribution in [0.5, 0.6) is 0 Å². The minimum absolute atomic E-state index is 0.0715. The monoisotopic (exact) mass is 295 g/mol. The number of aromatic nitrogens is 2. The van der Waals surface area contributed by atoms with Crippen molar-refractivity contribution in [2.45, 2.75) is 18.3 Å². The molecule has 5 nitrogen and oxygen atoms in total. The molecule has 1 unspecified atom stereocenters. The van der Waals surface area contributed by atoms with Gasteiger partial charge in [-0.2, -0.15) is 0 Å². The maximum Gasteiger partial charge on any atom is 0.252 e. The molecule has 1 saturated heterocycles. The largest absolute Gasteiger partial charge is 0.314 e. The summed E-state index contributed by atoms with van der Waals surface area (Å²) in [6, 6.07) is 3.47. The highest BCUT2D eigenvalue weighted by molar-refractivity contribution is 6.17. The highest BCUT2D eigenvalue weighted by Crippen LogP contribution is 2.30. The van der Waals surface area contributed by atoms with Crippen molar-refractivity contribution in [3.63, 3.8) is 0 Å². The van der Waals surface area contributed by atoms with E-state index >= 15 is 0 Å². The maximum absolute atomic E-state index is 13.2. The first-order chi connectivity index (χ1) is 9.52. The smallest absolute Gasteiger partial charge is 0.252 e. The average Bonchev–Trinajstić information content (AvgIpc) is 2.90. The van der Waals surface area contributed by atoms with Gasteiger partial charge in [0.15, 0.2) is 0 Å². The van der Waals surface area contributed by atoms with Gasteiger partial charge in [-0.25, -0.2) is 9.37 Å². The zero-order chi connectivity index (χ0) is 14.4. The molecule has 2 aromatic rings. The third kappa shape index (κ3) is 1.79. The summed E-state index contributed by atoms with van der Waals surface area (Å²) in [6.07, 6.45) is 0.0715. The Labute approximate surface area is 118 Å². The van der Waals surface area contributed by atoms with Gasteiger partial charge < -0.3 is 4.57 Å². The minimum atomic E-state index is -0.656. The lowest BCUT2D eigenvalue weighted by atomic mass is 10.2. The third-order valence-corrected chi connectivity index (χ3v) is 3.75. The first kappa shape index (κ1) is 13.1. The number of imidazole rings is 1. The van der Waals surface area contributed by atoms with E-state index in [1.165, 1.54) is 19.2 Å². The topological polar surface area (TPSA) is 55.2 Å². The van der Waals surface area contributed by atoms with Gasteiger partial charge in [0.25, 0.3) is 5.91 Å². The van der Waals surface area contributed by atoms with E-state index in [1.54, 1.807) is 10.6 Å². The Bertz CT molecular complexity index is 728. The van der Waals surface area contributed by atoms with Crippen LogP contribution in [0.4, 0.5) is 4.39 Å². The molecule has 1 aromatic heterocycles. The lowest BCUT2D eigenvalue weighted by Gasteiger charge is -2.13. The molecule has 104 valence electrons. The summed E-state index contributed by atoms with van der Waals surface area (Å²) in [5, 5.41) is 0. The molecular formula is C13H11ClFN3O2. The summed E-state index contributed by atoms with van der Waals surface area (Å²) in [5.41, 5.74) is 1.03. The number of hydrogen-bond donors (Lipinski definition) is 0. The van der Waals surface area contributed by atoms with Crippen molar-refractivity contribution in [3.05, 3.63) is 29.8 Å². The molecule has 1 aromatic carbocycles. The molecule has 1 fully saturated rings. The normalized spacial score (nSPS) is 19.4. The van der Waals surface area contributed by atoms with Gasteiger partial charge in [-0.05, 0) is 12.1 Å². The van der Waals surface area contributed by atoms with Crippen molar-refractivity contribution >= 4 is 34.4 Å². The number of alkyl halides is 1. The molecule has 0 aliphatic carbocycles. The van der Waals surface area contributed by atoms with E-state index in [-0.39, 0.29) is 24.1 Å². The second-order valence-corrected chi connectivity index (χ2v) is 4.94. The van der Waals surface area contributed by atoms with E-state index in [9.17, 15) is 14.0 Å². The number of amides is 2. The molecule has 3 rings (SSSR count). The van der Waals surface area contributed by atoms with Gasteiger partial charge in [-0.3, -0.25) is 14.5 Å². The third-order valence-electron chi connectivity index (χ3n) is 3.51. The number of carbonyl (C=O) groups is 2. The lowest BCUT2D eigenvalue weighted by Crippen LogP contribution is -2.27. The standard InChI is InChI=1S/C13H11ClFN3O2/c1-17-12(19)5-10(13(17)20)18-9-3-2-7(15)4-8(9)16-11(18)6-14/h2-4,10H,5-6H2,1H3. The van der Waals surface area contributed by atoms with Gasteiger partial charge in [0.1, 0.15) is 17.7 Å². The molecule has 1 aliphatic heterocycles. The number of rotatable bonds is 2. The summed E-state index contributed by atoms with van der Waals surface area (Å²) >= 11 is 5.86. The SMILES string of the molecule is CN1C(=O)CC(n2c(CCl)nc3cc(F)ccc32)C1=O. The Hall–Kier alpha value is -1.95. The Kier molecular flexibility index (Phi) is 2.97. The van der Waals surface area contributed by atoms with Crippen molar-refractivity contribution in [1.29, 1.82) is 0 Å². The fraction of sp³-hybridized carbons (Fsp3) is 0.308. The van der Waals surface area contributed by atoms with Crippen LogP contribution in [0.1, 0.15) is 18.3 Å². The van der Waals surface area contributed by atoms with Crippen LogP contribution in [-0.2, 0) is 15.5 Å². The molecule has 2 heterocycles. The lowest BCUT2D eigenvalue weighted by molar-refractivity contribution is -0.137. The second-order valence-electron chi connectivity index (χ2n) is 4.68. The van der Waals surface area contributed by atoms with Crippen LogP contribution in [0, 0.1) is 5.82 Å². The van der Waals surface area contributed by atoms with Crippen LogP contribution in [0.25, 0.3) is 11.0 Å². The molecule has 0 saturated carbocycles. The molecule has 1 atom stereocenters. The zero-order valence-corrected chi connectivity index (χ0v) is 11.4. The Morgan fingerprint density at radius 3 is 2.80 bits per heavy atom.